The van der Waals surface area contributed by atoms with Crippen LogP contribution >= 0.6 is 0 Å². The lowest BCUT2D eigenvalue weighted by Crippen LogP contribution is -2.30. The van der Waals surface area contributed by atoms with Gasteiger partial charge in [-0.15, -0.1) is 0 Å². The third-order valence-electron chi connectivity index (χ3n) is 8.79. The zero-order valence-corrected chi connectivity index (χ0v) is 33.4. The van der Waals surface area contributed by atoms with Gasteiger partial charge < -0.3 is 14.2 Å². The monoisotopic (exact) mass is 715 g/mol. The lowest BCUT2D eigenvalue weighted by Gasteiger charge is -2.18. The van der Waals surface area contributed by atoms with Crippen molar-refractivity contribution in [3.63, 3.8) is 0 Å². The highest BCUT2D eigenvalue weighted by Gasteiger charge is 2.19. The SMILES string of the molecule is CC/C=C\C/C=C\CCCCC(=O)OCC(COC(=O)CCCCC/C=C\CCCCCCCC)OC(=O)CCCCCCC/C=C\CCCC. The van der Waals surface area contributed by atoms with E-state index in [0.29, 0.717) is 19.3 Å². The van der Waals surface area contributed by atoms with Crippen LogP contribution in [0.15, 0.2) is 48.6 Å². The largest absolute Gasteiger partial charge is 0.462 e. The quantitative estimate of drug-likeness (QED) is 0.0276. The lowest BCUT2D eigenvalue weighted by molar-refractivity contribution is -0.167. The lowest BCUT2D eigenvalue weighted by atomic mass is 10.1. The molecular formula is C45H78O6. The van der Waals surface area contributed by atoms with Crippen molar-refractivity contribution in [2.24, 2.45) is 0 Å². The summed E-state index contributed by atoms with van der Waals surface area (Å²) in [7, 11) is 0. The second-order valence-electron chi connectivity index (χ2n) is 13.9. The second-order valence-corrected chi connectivity index (χ2v) is 13.9. The van der Waals surface area contributed by atoms with Gasteiger partial charge in [-0.05, 0) is 89.9 Å². The fraction of sp³-hybridized carbons (Fsp3) is 0.756. The van der Waals surface area contributed by atoms with E-state index >= 15 is 0 Å². The van der Waals surface area contributed by atoms with E-state index in [1.807, 2.05) is 0 Å². The van der Waals surface area contributed by atoms with Crippen LogP contribution in [0.3, 0.4) is 0 Å². The topological polar surface area (TPSA) is 78.9 Å². The van der Waals surface area contributed by atoms with Gasteiger partial charge in [-0.2, -0.15) is 0 Å². The maximum Gasteiger partial charge on any atom is 0.306 e. The molecule has 294 valence electrons. The number of esters is 3. The molecule has 6 heteroatoms. The predicted molar refractivity (Wildman–Crippen MR) is 215 cm³/mol. The Bertz CT molecular complexity index is 918. The molecule has 0 aromatic rings. The molecule has 0 radical (unpaired) electrons. The zero-order valence-electron chi connectivity index (χ0n) is 33.4. The number of hydrogen-bond donors (Lipinski definition) is 0. The Kier molecular flexibility index (Phi) is 38.1. The summed E-state index contributed by atoms with van der Waals surface area (Å²) in [6.07, 6.45) is 45.3. The minimum Gasteiger partial charge on any atom is -0.462 e. The van der Waals surface area contributed by atoms with Gasteiger partial charge >= 0.3 is 17.9 Å². The van der Waals surface area contributed by atoms with Crippen molar-refractivity contribution in [1.82, 2.24) is 0 Å². The Morgan fingerprint density at radius 3 is 1.31 bits per heavy atom. The van der Waals surface area contributed by atoms with Crippen molar-refractivity contribution in [3.8, 4) is 0 Å². The molecule has 1 atom stereocenters. The van der Waals surface area contributed by atoms with Crippen LogP contribution in [-0.2, 0) is 28.6 Å². The minimum absolute atomic E-state index is 0.0952. The van der Waals surface area contributed by atoms with Crippen molar-refractivity contribution >= 4 is 17.9 Å². The Hall–Kier alpha value is -2.63. The molecule has 0 aliphatic rings. The fourth-order valence-electron chi connectivity index (χ4n) is 5.57. The summed E-state index contributed by atoms with van der Waals surface area (Å²) in [6, 6.07) is 0. The first-order valence-corrected chi connectivity index (χ1v) is 21.1. The van der Waals surface area contributed by atoms with E-state index in [1.165, 1.54) is 64.2 Å². The first kappa shape index (κ1) is 48.4. The van der Waals surface area contributed by atoms with Gasteiger partial charge in [0.05, 0.1) is 0 Å². The summed E-state index contributed by atoms with van der Waals surface area (Å²) in [5, 5.41) is 0. The summed E-state index contributed by atoms with van der Waals surface area (Å²) < 4.78 is 16.6. The molecule has 0 saturated heterocycles. The predicted octanol–water partition coefficient (Wildman–Crippen LogP) is 13.2. The van der Waals surface area contributed by atoms with Crippen molar-refractivity contribution in [2.75, 3.05) is 13.2 Å². The molecule has 0 saturated carbocycles. The minimum atomic E-state index is -0.791. The summed E-state index contributed by atoms with van der Waals surface area (Å²) in [4.78, 5) is 37.5. The van der Waals surface area contributed by atoms with E-state index in [-0.39, 0.29) is 31.1 Å². The smallest absolute Gasteiger partial charge is 0.306 e. The van der Waals surface area contributed by atoms with Crippen LogP contribution in [0.25, 0.3) is 0 Å². The molecule has 0 aromatic carbocycles. The van der Waals surface area contributed by atoms with Crippen LogP contribution in [0, 0.1) is 0 Å². The Morgan fingerprint density at radius 1 is 0.412 bits per heavy atom. The van der Waals surface area contributed by atoms with Gasteiger partial charge in [-0.25, -0.2) is 0 Å². The van der Waals surface area contributed by atoms with Gasteiger partial charge in [-0.3, -0.25) is 14.4 Å². The van der Waals surface area contributed by atoms with Crippen molar-refractivity contribution in [1.29, 1.82) is 0 Å². The van der Waals surface area contributed by atoms with Gasteiger partial charge in [-0.1, -0.05) is 140 Å². The first-order valence-electron chi connectivity index (χ1n) is 21.1. The van der Waals surface area contributed by atoms with Crippen LogP contribution < -0.4 is 0 Å². The standard InChI is InChI=1S/C45H78O6/c1-4-7-10-13-16-19-21-22-24-26-29-32-35-38-44(47)50-41-42(40-49-43(46)37-34-31-28-25-18-15-12-9-6-3)51-45(48)39-36-33-30-27-23-20-17-14-11-8-5-2/h9,12,14,17-18,22,24-25,42H,4-8,10-11,13,15-16,19-21,23,26-41H2,1-3H3/b12-9-,17-14-,24-22-,25-18-. The van der Waals surface area contributed by atoms with Gasteiger partial charge in [0.1, 0.15) is 13.2 Å². The second kappa shape index (κ2) is 40.1. The summed E-state index contributed by atoms with van der Waals surface area (Å²) in [5.41, 5.74) is 0. The molecule has 51 heavy (non-hydrogen) atoms. The first-order chi connectivity index (χ1) is 25.0. The molecule has 0 aliphatic heterocycles. The average Bonchev–Trinajstić information content (AvgIpc) is 3.12. The van der Waals surface area contributed by atoms with Gasteiger partial charge in [0.25, 0.3) is 0 Å². The van der Waals surface area contributed by atoms with Crippen molar-refractivity contribution in [2.45, 2.75) is 207 Å². The zero-order chi connectivity index (χ0) is 37.3. The molecule has 0 fully saturated rings. The summed E-state index contributed by atoms with van der Waals surface area (Å²) in [6.45, 7) is 6.39. The normalized spacial score (nSPS) is 12.5. The van der Waals surface area contributed by atoms with Crippen LogP contribution in [0.1, 0.15) is 201 Å². The fourth-order valence-corrected chi connectivity index (χ4v) is 5.57. The molecule has 0 spiro atoms. The highest BCUT2D eigenvalue weighted by molar-refractivity contribution is 5.71. The van der Waals surface area contributed by atoms with Crippen molar-refractivity contribution in [3.05, 3.63) is 48.6 Å². The Morgan fingerprint density at radius 2 is 0.784 bits per heavy atom. The van der Waals surface area contributed by atoms with Crippen LogP contribution in [-0.4, -0.2) is 37.2 Å². The van der Waals surface area contributed by atoms with E-state index in [1.54, 1.807) is 0 Å². The Labute approximate surface area is 314 Å². The third kappa shape index (κ3) is 38.4. The van der Waals surface area contributed by atoms with Gasteiger partial charge in [0, 0.05) is 19.3 Å². The average molecular weight is 715 g/mol. The molecule has 0 rings (SSSR count). The number of unbranched alkanes of at least 4 members (excludes halogenated alkanes) is 18. The molecule has 1 unspecified atom stereocenters. The maximum atomic E-state index is 12.6. The number of rotatable bonds is 37. The summed E-state index contributed by atoms with van der Waals surface area (Å²) in [5.74, 6) is -0.964. The molecule has 6 nitrogen and oxygen atoms in total. The molecule has 0 aliphatic carbocycles. The van der Waals surface area contributed by atoms with Gasteiger partial charge in [0.2, 0.25) is 0 Å². The molecule has 0 heterocycles. The third-order valence-corrected chi connectivity index (χ3v) is 8.79. The molecular weight excluding hydrogens is 636 g/mol. The molecule has 0 aromatic heterocycles. The molecule has 0 amide bonds. The number of hydrogen-bond acceptors (Lipinski definition) is 6. The Balaban J connectivity index is 4.43. The maximum absolute atomic E-state index is 12.6. The van der Waals surface area contributed by atoms with Gasteiger partial charge in [0.15, 0.2) is 6.10 Å². The number of carbonyl (C=O) groups excluding carboxylic acids is 3. The number of ether oxygens (including phenoxy) is 3. The number of carbonyl (C=O) groups is 3. The molecule has 0 bridgehead atoms. The highest BCUT2D eigenvalue weighted by atomic mass is 16.6. The highest BCUT2D eigenvalue weighted by Crippen LogP contribution is 2.12. The van der Waals surface area contributed by atoms with E-state index in [0.717, 1.165) is 96.3 Å². The van der Waals surface area contributed by atoms with E-state index in [9.17, 15) is 14.4 Å². The number of allylic oxidation sites excluding steroid dienone is 8. The van der Waals surface area contributed by atoms with E-state index in [2.05, 4.69) is 69.4 Å². The van der Waals surface area contributed by atoms with Crippen molar-refractivity contribution < 1.29 is 28.6 Å². The summed E-state index contributed by atoms with van der Waals surface area (Å²) >= 11 is 0. The molecule has 0 N–H and O–H groups in total. The van der Waals surface area contributed by atoms with E-state index < -0.39 is 6.10 Å². The van der Waals surface area contributed by atoms with Crippen LogP contribution in [0.4, 0.5) is 0 Å². The van der Waals surface area contributed by atoms with Crippen LogP contribution in [0.2, 0.25) is 0 Å². The van der Waals surface area contributed by atoms with Crippen LogP contribution in [0.5, 0.6) is 0 Å². The van der Waals surface area contributed by atoms with E-state index in [4.69, 9.17) is 14.2 Å².